The van der Waals surface area contributed by atoms with E-state index in [1.165, 1.54) is 12.1 Å². The van der Waals surface area contributed by atoms with Gasteiger partial charge in [-0.25, -0.2) is 4.39 Å². The molecule has 0 aliphatic heterocycles. The van der Waals surface area contributed by atoms with Crippen LogP contribution in [0.5, 0.6) is 5.75 Å². The van der Waals surface area contributed by atoms with E-state index in [9.17, 15) is 14.0 Å². The van der Waals surface area contributed by atoms with Crippen molar-refractivity contribution in [1.82, 2.24) is 5.32 Å². The van der Waals surface area contributed by atoms with Gasteiger partial charge in [-0.1, -0.05) is 32.0 Å². The van der Waals surface area contributed by atoms with Crippen LogP contribution in [0.3, 0.4) is 0 Å². The van der Waals surface area contributed by atoms with Gasteiger partial charge >= 0.3 is 11.8 Å². The number of benzene rings is 2. The highest BCUT2D eigenvalue weighted by atomic mass is 19.1. The quantitative estimate of drug-likeness (QED) is 0.775. The van der Waals surface area contributed by atoms with Crippen molar-refractivity contribution < 1.29 is 18.7 Å². The first kappa shape index (κ1) is 19.4. The van der Waals surface area contributed by atoms with Crippen LogP contribution in [0, 0.1) is 5.82 Å². The molecular weight excluding hydrogens is 335 g/mol. The van der Waals surface area contributed by atoms with Crippen LogP contribution in [-0.4, -0.2) is 18.4 Å². The predicted molar refractivity (Wildman–Crippen MR) is 98.6 cm³/mol. The van der Waals surface area contributed by atoms with Crippen molar-refractivity contribution in [2.24, 2.45) is 0 Å². The maximum absolute atomic E-state index is 13.8. The third-order valence-electron chi connectivity index (χ3n) is 3.77. The SMILES string of the molecule is CCOc1ccc(CNC(=O)C(=O)Nc2cccc(C(C)C)c2)cc1F. The number of halogens is 1. The summed E-state index contributed by atoms with van der Waals surface area (Å²) >= 11 is 0. The van der Waals surface area contributed by atoms with Gasteiger partial charge in [-0.2, -0.15) is 0 Å². The molecule has 26 heavy (non-hydrogen) atoms. The molecule has 5 nitrogen and oxygen atoms in total. The summed E-state index contributed by atoms with van der Waals surface area (Å²) in [4.78, 5) is 24.0. The molecule has 0 aromatic heterocycles. The number of nitrogens with one attached hydrogen (secondary N) is 2. The van der Waals surface area contributed by atoms with E-state index in [1.54, 1.807) is 19.1 Å². The van der Waals surface area contributed by atoms with Crippen LogP contribution in [0.2, 0.25) is 0 Å². The van der Waals surface area contributed by atoms with Crippen molar-refractivity contribution >= 4 is 17.5 Å². The maximum atomic E-state index is 13.8. The highest BCUT2D eigenvalue weighted by Crippen LogP contribution is 2.19. The van der Waals surface area contributed by atoms with Crippen molar-refractivity contribution in [3.63, 3.8) is 0 Å². The Hall–Kier alpha value is -2.89. The number of rotatable bonds is 6. The summed E-state index contributed by atoms with van der Waals surface area (Å²) in [5, 5.41) is 5.04. The topological polar surface area (TPSA) is 67.4 Å². The molecule has 2 rings (SSSR count). The Kier molecular flexibility index (Phi) is 6.72. The lowest BCUT2D eigenvalue weighted by atomic mass is 10.0. The summed E-state index contributed by atoms with van der Waals surface area (Å²) in [7, 11) is 0. The van der Waals surface area contributed by atoms with Crippen molar-refractivity contribution in [3.05, 3.63) is 59.4 Å². The lowest BCUT2D eigenvalue weighted by Gasteiger charge is -2.10. The summed E-state index contributed by atoms with van der Waals surface area (Å²) in [6.45, 7) is 6.27. The van der Waals surface area contributed by atoms with Crippen LogP contribution in [-0.2, 0) is 16.1 Å². The van der Waals surface area contributed by atoms with Gasteiger partial charge in [0.2, 0.25) is 0 Å². The fraction of sp³-hybridized carbons (Fsp3) is 0.300. The first-order valence-corrected chi connectivity index (χ1v) is 8.51. The van der Waals surface area contributed by atoms with Gasteiger partial charge in [0.05, 0.1) is 6.61 Å². The van der Waals surface area contributed by atoms with Crippen molar-refractivity contribution in [2.45, 2.75) is 33.2 Å². The molecule has 0 aliphatic rings. The van der Waals surface area contributed by atoms with Crippen LogP contribution < -0.4 is 15.4 Å². The average molecular weight is 358 g/mol. The molecular formula is C20H23FN2O3. The summed E-state index contributed by atoms with van der Waals surface area (Å²) < 4.78 is 18.9. The van der Waals surface area contributed by atoms with Crippen LogP contribution >= 0.6 is 0 Å². The molecule has 138 valence electrons. The molecule has 2 amide bonds. The van der Waals surface area contributed by atoms with E-state index in [2.05, 4.69) is 10.6 Å². The Bertz CT molecular complexity index is 790. The third kappa shape index (κ3) is 5.31. The fourth-order valence-electron chi connectivity index (χ4n) is 2.35. The van der Waals surface area contributed by atoms with Crippen molar-refractivity contribution in [1.29, 1.82) is 0 Å². The van der Waals surface area contributed by atoms with Crippen molar-refractivity contribution in [3.8, 4) is 5.75 Å². The summed E-state index contributed by atoms with van der Waals surface area (Å²) in [5.41, 5.74) is 2.16. The van der Waals surface area contributed by atoms with Crippen LogP contribution in [0.25, 0.3) is 0 Å². The first-order chi connectivity index (χ1) is 12.4. The monoisotopic (exact) mass is 358 g/mol. The Morgan fingerprint density at radius 1 is 1.12 bits per heavy atom. The van der Waals surface area contributed by atoms with Crippen LogP contribution in [0.15, 0.2) is 42.5 Å². The maximum Gasteiger partial charge on any atom is 0.313 e. The summed E-state index contributed by atoms with van der Waals surface area (Å²) in [6.07, 6.45) is 0. The zero-order chi connectivity index (χ0) is 19.1. The van der Waals surface area contributed by atoms with Gasteiger partial charge in [0.1, 0.15) is 0 Å². The third-order valence-corrected chi connectivity index (χ3v) is 3.77. The standard InChI is InChI=1S/C20H23FN2O3/c1-4-26-18-9-8-14(10-17(18)21)12-22-19(24)20(25)23-16-7-5-6-15(11-16)13(2)3/h5-11,13H,4,12H2,1-3H3,(H,22,24)(H,23,25). The molecule has 0 radical (unpaired) electrons. The van der Waals surface area contributed by atoms with Gasteiger partial charge in [0.15, 0.2) is 11.6 Å². The zero-order valence-corrected chi connectivity index (χ0v) is 15.1. The molecule has 0 spiro atoms. The smallest absolute Gasteiger partial charge is 0.313 e. The van der Waals surface area contributed by atoms with Gasteiger partial charge < -0.3 is 15.4 Å². The van der Waals surface area contributed by atoms with E-state index in [0.29, 0.717) is 23.8 Å². The first-order valence-electron chi connectivity index (χ1n) is 8.51. The number of anilines is 1. The number of ether oxygens (including phenoxy) is 1. The van der Waals surface area contributed by atoms with Gasteiger partial charge in [-0.15, -0.1) is 0 Å². The Balaban J connectivity index is 1.92. The lowest BCUT2D eigenvalue weighted by Crippen LogP contribution is -2.35. The minimum Gasteiger partial charge on any atom is -0.491 e. The normalized spacial score (nSPS) is 10.5. The number of carbonyl (C=O) groups is 2. The van der Waals surface area contributed by atoms with Gasteiger partial charge in [0, 0.05) is 12.2 Å². The molecule has 0 bridgehead atoms. The van der Waals surface area contributed by atoms with E-state index in [1.807, 2.05) is 32.0 Å². The molecule has 6 heteroatoms. The molecule has 0 saturated heterocycles. The van der Waals surface area contributed by atoms with Gasteiger partial charge in [0.25, 0.3) is 0 Å². The van der Waals surface area contributed by atoms with Crippen molar-refractivity contribution in [2.75, 3.05) is 11.9 Å². The molecule has 0 fully saturated rings. The minimum atomic E-state index is -0.783. The van der Waals surface area contributed by atoms with Crippen LogP contribution in [0.4, 0.5) is 10.1 Å². The largest absolute Gasteiger partial charge is 0.491 e. The second-order valence-corrected chi connectivity index (χ2v) is 6.11. The molecule has 0 heterocycles. The fourth-order valence-corrected chi connectivity index (χ4v) is 2.35. The van der Waals surface area contributed by atoms with Gasteiger partial charge in [-0.3, -0.25) is 9.59 Å². The Morgan fingerprint density at radius 2 is 1.88 bits per heavy atom. The highest BCUT2D eigenvalue weighted by Gasteiger charge is 2.14. The van der Waals surface area contributed by atoms with E-state index < -0.39 is 17.6 Å². The molecule has 0 saturated carbocycles. The second kappa shape index (κ2) is 8.99. The van der Waals surface area contributed by atoms with E-state index >= 15 is 0 Å². The molecule has 2 N–H and O–H groups in total. The van der Waals surface area contributed by atoms with E-state index in [-0.39, 0.29) is 12.3 Å². The Labute approximate surface area is 152 Å². The second-order valence-electron chi connectivity index (χ2n) is 6.11. The number of hydrogen-bond acceptors (Lipinski definition) is 3. The molecule has 0 unspecified atom stereocenters. The Morgan fingerprint density at radius 3 is 2.54 bits per heavy atom. The average Bonchev–Trinajstić information content (AvgIpc) is 2.62. The molecule has 2 aromatic carbocycles. The number of hydrogen-bond donors (Lipinski definition) is 2. The molecule has 0 aliphatic carbocycles. The van der Waals surface area contributed by atoms with E-state index in [0.717, 1.165) is 5.56 Å². The summed E-state index contributed by atoms with van der Waals surface area (Å²) in [6, 6.07) is 11.7. The predicted octanol–water partition coefficient (Wildman–Crippen LogP) is 3.60. The highest BCUT2D eigenvalue weighted by molar-refractivity contribution is 6.39. The number of amides is 2. The lowest BCUT2D eigenvalue weighted by molar-refractivity contribution is -0.136. The van der Waals surface area contributed by atoms with Gasteiger partial charge in [-0.05, 0) is 48.2 Å². The molecule has 0 atom stereocenters. The summed E-state index contributed by atoms with van der Waals surface area (Å²) in [5.74, 6) is -1.58. The van der Waals surface area contributed by atoms with Crippen LogP contribution in [0.1, 0.15) is 37.8 Å². The minimum absolute atomic E-state index is 0.0433. The molecule has 2 aromatic rings. The number of carbonyl (C=O) groups excluding carboxylic acids is 2. The zero-order valence-electron chi connectivity index (χ0n) is 15.1. The van der Waals surface area contributed by atoms with E-state index in [4.69, 9.17) is 4.74 Å².